The van der Waals surface area contributed by atoms with Crippen molar-refractivity contribution >= 4 is 11.7 Å². The van der Waals surface area contributed by atoms with E-state index in [1.807, 2.05) is 0 Å². The number of carbonyl (C=O) groups is 1. The summed E-state index contributed by atoms with van der Waals surface area (Å²) >= 11 is 0. The number of unbranched alkanes of at least 4 members (excludes halogenated alkanes) is 1. The average Bonchev–Trinajstić information content (AvgIpc) is 2.34. The highest BCUT2D eigenvalue weighted by Crippen LogP contribution is 2.34. The number of anilines is 1. The Balaban J connectivity index is 2.62. The third kappa shape index (κ3) is 4.92. The molecule has 1 aromatic rings. The molecule has 0 saturated carbocycles. The van der Waals surface area contributed by atoms with Gasteiger partial charge in [0.15, 0.2) is 0 Å². The quantitative estimate of drug-likeness (QED) is 0.640. The number of alkyl halides is 3. The summed E-state index contributed by atoms with van der Waals surface area (Å²) in [6, 6.07) is 4.11. The molecule has 19 heavy (non-hydrogen) atoms. The summed E-state index contributed by atoms with van der Waals surface area (Å²) in [5, 5.41) is 4.60. The molecule has 2 N–H and O–H groups in total. The van der Waals surface area contributed by atoms with Gasteiger partial charge in [0.2, 0.25) is 0 Å². The molecular formula is C13H13F3N2O. The third-order valence-corrected chi connectivity index (χ3v) is 2.26. The summed E-state index contributed by atoms with van der Waals surface area (Å²) in [5.41, 5.74) is -1.15. The van der Waals surface area contributed by atoms with Crippen molar-refractivity contribution in [2.75, 3.05) is 11.9 Å². The highest BCUT2D eigenvalue weighted by atomic mass is 19.4. The Morgan fingerprint density at radius 2 is 2.00 bits per heavy atom. The van der Waals surface area contributed by atoms with Gasteiger partial charge in [-0.15, -0.1) is 12.3 Å². The van der Waals surface area contributed by atoms with E-state index >= 15 is 0 Å². The molecule has 0 aliphatic heterocycles. The summed E-state index contributed by atoms with van der Waals surface area (Å²) < 4.78 is 38.0. The van der Waals surface area contributed by atoms with E-state index in [2.05, 4.69) is 16.6 Å². The van der Waals surface area contributed by atoms with Gasteiger partial charge in [0.05, 0.1) is 11.3 Å². The van der Waals surface area contributed by atoms with Gasteiger partial charge in [0.25, 0.3) is 0 Å². The van der Waals surface area contributed by atoms with E-state index < -0.39 is 17.8 Å². The van der Waals surface area contributed by atoms with Gasteiger partial charge in [-0.25, -0.2) is 4.79 Å². The molecule has 0 aliphatic carbocycles. The fraction of sp³-hybridized carbons (Fsp3) is 0.308. The van der Waals surface area contributed by atoms with Crippen LogP contribution in [0.4, 0.5) is 23.7 Å². The van der Waals surface area contributed by atoms with Crippen LogP contribution in [0.25, 0.3) is 0 Å². The van der Waals surface area contributed by atoms with Crippen LogP contribution in [-0.2, 0) is 6.18 Å². The van der Waals surface area contributed by atoms with Gasteiger partial charge >= 0.3 is 12.2 Å². The molecule has 1 aromatic carbocycles. The van der Waals surface area contributed by atoms with Gasteiger partial charge in [-0.2, -0.15) is 13.2 Å². The Kier molecular flexibility index (Phi) is 5.24. The highest BCUT2D eigenvalue weighted by molar-refractivity contribution is 5.90. The van der Waals surface area contributed by atoms with E-state index in [9.17, 15) is 18.0 Å². The summed E-state index contributed by atoms with van der Waals surface area (Å²) in [7, 11) is 0. The lowest BCUT2D eigenvalue weighted by Crippen LogP contribution is -2.30. The van der Waals surface area contributed by atoms with Crippen LogP contribution < -0.4 is 10.6 Å². The molecule has 3 nitrogen and oxygen atoms in total. The molecule has 2 amide bonds. The van der Waals surface area contributed by atoms with Crippen LogP contribution in [0.5, 0.6) is 0 Å². The number of hydrogen-bond acceptors (Lipinski definition) is 1. The summed E-state index contributed by atoms with van der Waals surface area (Å²) in [5.74, 6) is 2.40. The second-order valence-corrected chi connectivity index (χ2v) is 3.73. The number of nitrogens with one attached hydrogen (secondary N) is 2. The van der Waals surface area contributed by atoms with Crippen molar-refractivity contribution in [1.82, 2.24) is 5.32 Å². The number of hydrogen-bond donors (Lipinski definition) is 2. The Hall–Kier alpha value is -2.16. The number of rotatable bonds is 4. The van der Waals surface area contributed by atoms with E-state index in [0.717, 1.165) is 6.07 Å². The van der Waals surface area contributed by atoms with Gasteiger partial charge in [-0.1, -0.05) is 12.1 Å². The minimum Gasteiger partial charge on any atom is -0.338 e. The van der Waals surface area contributed by atoms with E-state index in [1.54, 1.807) is 0 Å². The number of amides is 2. The Bertz CT molecular complexity index is 478. The SMILES string of the molecule is C#CCCCNC(=O)Nc1ccccc1C(F)(F)F. The normalized spacial score (nSPS) is 10.6. The number of benzene rings is 1. The van der Waals surface area contributed by atoms with Crippen molar-refractivity contribution in [3.8, 4) is 12.3 Å². The lowest BCUT2D eigenvalue weighted by atomic mass is 10.1. The molecule has 0 aliphatic rings. The molecule has 0 fully saturated rings. The zero-order valence-electron chi connectivity index (χ0n) is 10.1. The number of terminal acetylenes is 1. The molecule has 0 atom stereocenters. The van der Waals surface area contributed by atoms with E-state index in [1.165, 1.54) is 18.2 Å². The number of carbonyl (C=O) groups excluding carboxylic acids is 1. The molecule has 1 rings (SSSR count). The molecule has 0 unspecified atom stereocenters. The van der Waals surface area contributed by atoms with Crippen LogP contribution >= 0.6 is 0 Å². The first-order valence-corrected chi connectivity index (χ1v) is 5.59. The zero-order chi connectivity index (χ0) is 14.3. The minimum atomic E-state index is -4.51. The lowest BCUT2D eigenvalue weighted by molar-refractivity contribution is -0.136. The fourth-order valence-corrected chi connectivity index (χ4v) is 1.40. The predicted molar refractivity (Wildman–Crippen MR) is 66.5 cm³/mol. The maximum Gasteiger partial charge on any atom is 0.418 e. The van der Waals surface area contributed by atoms with Crippen LogP contribution in [0, 0.1) is 12.3 Å². The topological polar surface area (TPSA) is 41.1 Å². The van der Waals surface area contributed by atoms with Crippen LogP contribution in [0.3, 0.4) is 0 Å². The molecule has 0 heterocycles. The highest BCUT2D eigenvalue weighted by Gasteiger charge is 2.33. The Morgan fingerprint density at radius 1 is 1.32 bits per heavy atom. The number of halogens is 3. The van der Waals surface area contributed by atoms with Gasteiger partial charge in [-0.05, 0) is 18.6 Å². The van der Waals surface area contributed by atoms with Gasteiger partial charge in [0.1, 0.15) is 0 Å². The van der Waals surface area contributed by atoms with Crippen molar-refractivity contribution in [2.45, 2.75) is 19.0 Å². The average molecular weight is 270 g/mol. The third-order valence-electron chi connectivity index (χ3n) is 2.26. The van der Waals surface area contributed by atoms with Crippen LogP contribution in [0.2, 0.25) is 0 Å². The molecular weight excluding hydrogens is 257 g/mol. The van der Waals surface area contributed by atoms with Gasteiger partial charge < -0.3 is 10.6 Å². The Morgan fingerprint density at radius 3 is 2.63 bits per heavy atom. The summed E-state index contributed by atoms with van der Waals surface area (Å²) in [6.07, 6.45) is 1.60. The first-order chi connectivity index (χ1) is 8.95. The van der Waals surface area contributed by atoms with Crippen molar-refractivity contribution in [2.24, 2.45) is 0 Å². The molecule has 0 aromatic heterocycles. The van der Waals surface area contributed by atoms with Crippen molar-refractivity contribution in [3.05, 3.63) is 29.8 Å². The number of para-hydroxylation sites is 1. The van der Waals surface area contributed by atoms with Crippen molar-refractivity contribution in [3.63, 3.8) is 0 Å². The fourth-order valence-electron chi connectivity index (χ4n) is 1.40. The smallest absolute Gasteiger partial charge is 0.338 e. The van der Waals surface area contributed by atoms with Crippen LogP contribution in [-0.4, -0.2) is 12.6 Å². The standard InChI is InChI=1S/C13H13F3N2O/c1-2-3-6-9-17-12(19)18-11-8-5-4-7-10(11)13(14,15)16/h1,4-5,7-8H,3,6,9H2,(H2,17,18,19). The summed E-state index contributed by atoms with van der Waals surface area (Å²) in [4.78, 5) is 11.4. The molecule has 0 spiro atoms. The Labute approximate surface area is 109 Å². The largest absolute Gasteiger partial charge is 0.418 e. The molecule has 102 valence electrons. The molecule has 0 bridgehead atoms. The monoisotopic (exact) mass is 270 g/mol. The lowest BCUT2D eigenvalue weighted by Gasteiger charge is -2.13. The van der Waals surface area contributed by atoms with E-state index in [-0.39, 0.29) is 5.69 Å². The molecule has 6 heteroatoms. The second kappa shape index (κ2) is 6.69. The van der Waals surface area contributed by atoms with Crippen molar-refractivity contribution in [1.29, 1.82) is 0 Å². The molecule has 0 radical (unpaired) electrons. The maximum atomic E-state index is 12.7. The first kappa shape index (κ1) is 14.9. The summed E-state index contributed by atoms with van der Waals surface area (Å²) in [6.45, 7) is 0.310. The zero-order valence-corrected chi connectivity index (χ0v) is 10.1. The van der Waals surface area contributed by atoms with Gasteiger partial charge in [0, 0.05) is 13.0 Å². The maximum absolute atomic E-state index is 12.7. The van der Waals surface area contributed by atoms with E-state index in [0.29, 0.717) is 19.4 Å². The van der Waals surface area contributed by atoms with E-state index in [4.69, 9.17) is 6.42 Å². The predicted octanol–water partition coefficient (Wildman–Crippen LogP) is 3.24. The van der Waals surface area contributed by atoms with Crippen molar-refractivity contribution < 1.29 is 18.0 Å². The van der Waals surface area contributed by atoms with Gasteiger partial charge in [-0.3, -0.25) is 0 Å². The number of urea groups is 1. The van der Waals surface area contributed by atoms with Crippen LogP contribution in [0.15, 0.2) is 24.3 Å². The minimum absolute atomic E-state index is 0.274. The first-order valence-electron chi connectivity index (χ1n) is 5.59. The van der Waals surface area contributed by atoms with Crippen LogP contribution in [0.1, 0.15) is 18.4 Å². The molecule has 0 saturated heterocycles. The second-order valence-electron chi connectivity index (χ2n) is 3.73.